The van der Waals surface area contributed by atoms with E-state index in [4.69, 9.17) is 0 Å². The first kappa shape index (κ1) is 14.5. The molecular weight excluding hydrogens is 288 g/mol. The van der Waals surface area contributed by atoms with Crippen molar-refractivity contribution < 1.29 is 0 Å². The third-order valence-electron chi connectivity index (χ3n) is 4.41. The highest BCUT2D eigenvalue weighted by molar-refractivity contribution is 6.02. The lowest BCUT2D eigenvalue weighted by Gasteiger charge is -2.05. The Labute approximate surface area is 142 Å². The molecule has 0 N–H and O–H groups in total. The van der Waals surface area contributed by atoms with Crippen LogP contribution in [-0.2, 0) is 0 Å². The fourth-order valence-electron chi connectivity index (χ4n) is 3.07. The minimum atomic E-state index is 1.14. The van der Waals surface area contributed by atoms with E-state index in [0.717, 1.165) is 5.56 Å². The zero-order valence-corrected chi connectivity index (χ0v) is 13.4. The summed E-state index contributed by atoms with van der Waals surface area (Å²) < 4.78 is 0. The zero-order chi connectivity index (χ0) is 16.4. The summed E-state index contributed by atoms with van der Waals surface area (Å²) in [6, 6.07) is 27.9. The van der Waals surface area contributed by atoms with Gasteiger partial charge >= 0.3 is 0 Å². The number of fused-ring (bicyclic) bond motifs is 2. The van der Waals surface area contributed by atoms with Gasteiger partial charge in [-0.15, -0.1) is 0 Å². The molecule has 0 unspecified atom stereocenters. The molecule has 4 rings (SSSR count). The number of hydrogen-bond donors (Lipinski definition) is 0. The van der Waals surface area contributed by atoms with E-state index in [9.17, 15) is 0 Å². The van der Waals surface area contributed by atoms with Crippen LogP contribution in [0.3, 0.4) is 0 Å². The summed E-state index contributed by atoms with van der Waals surface area (Å²) >= 11 is 0. The lowest BCUT2D eigenvalue weighted by Crippen LogP contribution is -1.80. The van der Waals surface area contributed by atoms with Gasteiger partial charge in [0.1, 0.15) is 0 Å². The SMILES string of the molecule is C=Cc1ccc(C=Cc2cccc3cc4ccccc4cc23)cc1. The Morgan fingerprint density at radius 3 is 2.00 bits per heavy atom. The molecule has 0 radical (unpaired) electrons. The smallest absolute Gasteiger partial charge is 0.0105 e. The Hall–Kier alpha value is -3.12. The van der Waals surface area contributed by atoms with Crippen molar-refractivity contribution in [3.05, 3.63) is 102 Å². The normalized spacial score (nSPS) is 11.3. The molecule has 0 bridgehead atoms. The lowest BCUT2D eigenvalue weighted by atomic mass is 9.99. The molecule has 114 valence electrons. The fraction of sp³-hybridized carbons (Fsp3) is 0. The molecule has 0 amide bonds. The molecule has 0 saturated heterocycles. The van der Waals surface area contributed by atoms with Crippen LogP contribution in [0.15, 0.2) is 85.4 Å². The summed E-state index contributed by atoms with van der Waals surface area (Å²) in [7, 11) is 0. The van der Waals surface area contributed by atoms with Gasteiger partial charge in [-0.3, -0.25) is 0 Å². The van der Waals surface area contributed by atoms with Gasteiger partial charge in [-0.25, -0.2) is 0 Å². The fourth-order valence-corrected chi connectivity index (χ4v) is 3.07. The van der Waals surface area contributed by atoms with Crippen molar-refractivity contribution >= 4 is 39.8 Å². The van der Waals surface area contributed by atoms with E-state index in [2.05, 4.69) is 97.6 Å². The van der Waals surface area contributed by atoms with Gasteiger partial charge in [0.2, 0.25) is 0 Å². The van der Waals surface area contributed by atoms with Crippen molar-refractivity contribution in [3.63, 3.8) is 0 Å². The van der Waals surface area contributed by atoms with Gasteiger partial charge in [0, 0.05) is 0 Å². The molecule has 0 heteroatoms. The van der Waals surface area contributed by atoms with Crippen molar-refractivity contribution in [1.82, 2.24) is 0 Å². The van der Waals surface area contributed by atoms with Crippen LogP contribution < -0.4 is 0 Å². The maximum Gasteiger partial charge on any atom is -0.0105 e. The summed E-state index contributed by atoms with van der Waals surface area (Å²) in [5, 5.41) is 5.13. The van der Waals surface area contributed by atoms with Crippen molar-refractivity contribution in [2.24, 2.45) is 0 Å². The van der Waals surface area contributed by atoms with Crippen LogP contribution in [0.4, 0.5) is 0 Å². The third kappa shape index (κ3) is 2.75. The summed E-state index contributed by atoms with van der Waals surface area (Å²) in [6.45, 7) is 3.80. The van der Waals surface area contributed by atoms with E-state index < -0.39 is 0 Å². The molecule has 0 aliphatic carbocycles. The molecule has 0 heterocycles. The van der Waals surface area contributed by atoms with Crippen molar-refractivity contribution in [1.29, 1.82) is 0 Å². The van der Waals surface area contributed by atoms with Gasteiger partial charge in [-0.05, 0) is 50.4 Å². The minimum Gasteiger partial charge on any atom is -0.0985 e. The second kappa shape index (κ2) is 6.17. The predicted octanol–water partition coefficient (Wildman–Crippen LogP) is 6.81. The molecule has 0 nitrogen and oxygen atoms in total. The predicted molar refractivity (Wildman–Crippen MR) is 107 cm³/mol. The maximum absolute atomic E-state index is 3.80. The van der Waals surface area contributed by atoms with Gasteiger partial charge in [-0.1, -0.05) is 91.5 Å². The van der Waals surface area contributed by atoms with Gasteiger partial charge in [0.25, 0.3) is 0 Å². The largest absolute Gasteiger partial charge is 0.0985 e. The Balaban J connectivity index is 1.79. The van der Waals surface area contributed by atoms with Crippen LogP contribution >= 0.6 is 0 Å². The van der Waals surface area contributed by atoms with Crippen molar-refractivity contribution in [2.75, 3.05) is 0 Å². The van der Waals surface area contributed by atoms with Gasteiger partial charge in [0.15, 0.2) is 0 Å². The highest BCUT2D eigenvalue weighted by atomic mass is 14.0. The highest BCUT2D eigenvalue weighted by Crippen LogP contribution is 2.26. The Morgan fingerprint density at radius 1 is 0.583 bits per heavy atom. The minimum absolute atomic E-state index is 1.14. The number of rotatable bonds is 3. The Kier molecular flexibility index (Phi) is 3.72. The van der Waals surface area contributed by atoms with Gasteiger partial charge < -0.3 is 0 Å². The number of benzene rings is 4. The molecule has 0 aromatic heterocycles. The second-order valence-electron chi connectivity index (χ2n) is 5.97. The molecule has 0 atom stereocenters. The molecule has 0 fully saturated rings. The second-order valence-corrected chi connectivity index (χ2v) is 5.97. The summed E-state index contributed by atoms with van der Waals surface area (Å²) in [6.07, 6.45) is 6.22. The van der Waals surface area contributed by atoms with Crippen LogP contribution in [0.25, 0.3) is 39.8 Å². The lowest BCUT2D eigenvalue weighted by molar-refractivity contribution is 1.63. The van der Waals surface area contributed by atoms with Crippen molar-refractivity contribution in [3.8, 4) is 0 Å². The monoisotopic (exact) mass is 306 g/mol. The summed E-state index contributed by atoms with van der Waals surface area (Å²) in [5.74, 6) is 0. The van der Waals surface area contributed by atoms with E-state index in [1.807, 2.05) is 6.08 Å². The molecule has 4 aromatic carbocycles. The Bertz CT molecular complexity index is 1050. The summed E-state index contributed by atoms with van der Waals surface area (Å²) in [4.78, 5) is 0. The van der Waals surface area contributed by atoms with Crippen molar-refractivity contribution in [2.45, 2.75) is 0 Å². The quantitative estimate of drug-likeness (QED) is 0.288. The molecule has 0 aliphatic heterocycles. The van der Waals surface area contributed by atoms with Crippen LogP contribution in [-0.4, -0.2) is 0 Å². The average Bonchev–Trinajstić information content (AvgIpc) is 2.65. The van der Waals surface area contributed by atoms with E-state index in [1.54, 1.807) is 0 Å². The topological polar surface area (TPSA) is 0 Å². The van der Waals surface area contributed by atoms with Crippen LogP contribution in [0.2, 0.25) is 0 Å². The molecule has 0 saturated carbocycles. The Morgan fingerprint density at radius 2 is 1.25 bits per heavy atom. The maximum atomic E-state index is 3.80. The molecular formula is C24H18. The summed E-state index contributed by atoms with van der Waals surface area (Å²) in [5.41, 5.74) is 3.58. The number of hydrogen-bond acceptors (Lipinski definition) is 0. The highest BCUT2D eigenvalue weighted by Gasteiger charge is 2.01. The first-order chi connectivity index (χ1) is 11.8. The van der Waals surface area contributed by atoms with Gasteiger partial charge in [-0.2, -0.15) is 0 Å². The zero-order valence-electron chi connectivity index (χ0n) is 13.4. The van der Waals surface area contributed by atoms with E-state index in [-0.39, 0.29) is 0 Å². The first-order valence-corrected chi connectivity index (χ1v) is 8.16. The third-order valence-corrected chi connectivity index (χ3v) is 4.41. The molecule has 4 aromatic rings. The average molecular weight is 306 g/mol. The van der Waals surface area contributed by atoms with E-state index in [1.165, 1.54) is 32.7 Å². The molecule has 0 spiro atoms. The van der Waals surface area contributed by atoms with Crippen LogP contribution in [0.5, 0.6) is 0 Å². The van der Waals surface area contributed by atoms with Gasteiger partial charge in [0.05, 0.1) is 0 Å². The molecule has 24 heavy (non-hydrogen) atoms. The first-order valence-electron chi connectivity index (χ1n) is 8.16. The van der Waals surface area contributed by atoms with Crippen LogP contribution in [0, 0.1) is 0 Å². The van der Waals surface area contributed by atoms with Crippen LogP contribution in [0.1, 0.15) is 16.7 Å². The molecule has 0 aliphatic rings. The van der Waals surface area contributed by atoms with E-state index >= 15 is 0 Å². The van der Waals surface area contributed by atoms with E-state index in [0.29, 0.717) is 0 Å². The standard InChI is InChI=1S/C24H18/c1-2-18-10-12-19(13-11-18)14-15-20-8-5-9-23-16-21-6-3-4-7-22(21)17-24(20)23/h2-17H,1H2.